The first kappa shape index (κ1) is 24.4. The lowest BCUT2D eigenvalue weighted by molar-refractivity contribution is -0.232. The molecule has 5 aliphatic rings. The highest BCUT2D eigenvalue weighted by Crippen LogP contribution is 2.73. The van der Waals surface area contributed by atoms with Gasteiger partial charge in [-0.15, -0.1) is 0 Å². The van der Waals surface area contributed by atoms with Gasteiger partial charge in [0.05, 0.1) is 18.3 Å². The molecule has 1 aromatic carbocycles. The summed E-state index contributed by atoms with van der Waals surface area (Å²) in [6, 6.07) is 8.80. The summed E-state index contributed by atoms with van der Waals surface area (Å²) < 4.78 is 19.7. The van der Waals surface area contributed by atoms with Gasteiger partial charge in [0.2, 0.25) is 0 Å². The van der Waals surface area contributed by atoms with E-state index < -0.39 is 17.8 Å². The summed E-state index contributed by atoms with van der Waals surface area (Å²) in [4.78, 5) is 3.89. The Hall–Kier alpha value is -1.66. The number of aromatic amines is 1. The van der Waals surface area contributed by atoms with Crippen LogP contribution >= 0.6 is 0 Å². The fourth-order valence-electron chi connectivity index (χ4n) is 9.47. The van der Waals surface area contributed by atoms with Gasteiger partial charge in [-0.1, -0.05) is 43.7 Å². The number of allylic oxidation sites excluding steroid dienone is 1. The van der Waals surface area contributed by atoms with Crippen molar-refractivity contribution in [3.63, 3.8) is 0 Å². The summed E-state index contributed by atoms with van der Waals surface area (Å²) in [6.07, 6.45) is 6.44. The Morgan fingerprint density at radius 2 is 1.97 bits per heavy atom. The highest BCUT2D eigenvalue weighted by atomic mass is 16.7. The maximum Gasteiger partial charge on any atom is 0.127 e. The van der Waals surface area contributed by atoms with Crippen molar-refractivity contribution in [3.8, 4) is 0 Å². The van der Waals surface area contributed by atoms with Gasteiger partial charge in [0, 0.05) is 22.0 Å². The molecule has 2 unspecified atom stereocenters. The first-order valence-corrected chi connectivity index (χ1v) is 14.4. The Morgan fingerprint density at radius 3 is 2.76 bits per heavy atom. The van der Waals surface area contributed by atoms with Crippen LogP contribution < -0.4 is 0 Å². The summed E-state index contributed by atoms with van der Waals surface area (Å²) in [5.41, 5.74) is 4.66. The van der Waals surface area contributed by atoms with Gasteiger partial charge in [-0.05, 0) is 88.7 Å². The molecular formula is C32H43NO4. The third-order valence-corrected chi connectivity index (χ3v) is 11.6. The van der Waals surface area contributed by atoms with Crippen LogP contribution in [0.5, 0.6) is 0 Å². The number of aromatic nitrogens is 1. The molecule has 4 fully saturated rings. The van der Waals surface area contributed by atoms with Crippen molar-refractivity contribution in [1.82, 2.24) is 4.98 Å². The fraction of sp³-hybridized carbons (Fsp3) is 0.688. The third-order valence-electron chi connectivity index (χ3n) is 11.6. The molecule has 0 amide bonds. The van der Waals surface area contributed by atoms with Crippen molar-refractivity contribution < 1.29 is 19.3 Å². The number of hydrogen-bond donors (Lipinski definition) is 2. The van der Waals surface area contributed by atoms with Crippen LogP contribution in [0.2, 0.25) is 0 Å². The molecule has 9 atom stereocenters. The SMILES string of the molecule is CC(C)=CCOC(C)(C)[C@H]1OC2CC[C@@]3(C)[C@@H](CCC4Cc5c([nH]c6ccccc56)[C@@]43C)[C@]23O[C@H]3[C@@H]1O. The van der Waals surface area contributed by atoms with Crippen molar-refractivity contribution >= 4 is 10.9 Å². The molecular weight excluding hydrogens is 462 g/mol. The third kappa shape index (κ3) is 3.00. The summed E-state index contributed by atoms with van der Waals surface area (Å²) >= 11 is 0. The van der Waals surface area contributed by atoms with Gasteiger partial charge in [0.1, 0.15) is 23.9 Å². The lowest BCUT2D eigenvalue weighted by Gasteiger charge is -2.62. The summed E-state index contributed by atoms with van der Waals surface area (Å²) in [7, 11) is 0. The molecule has 5 heteroatoms. The van der Waals surface area contributed by atoms with E-state index >= 15 is 0 Å². The zero-order valence-electron chi connectivity index (χ0n) is 23.3. The highest BCUT2D eigenvalue weighted by Gasteiger charge is 2.80. The zero-order chi connectivity index (χ0) is 26.0. The van der Waals surface area contributed by atoms with Crippen molar-refractivity contribution in [2.75, 3.05) is 6.61 Å². The second kappa shape index (κ2) is 7.71. The molecule has 7 rings (SSSR count). The maximum absolute atomic E-state index is 11.6. The number of aliphatic hydroxyl groups is 1. The minimum atomic E-state index is -0.682. The number of ether oxygens (including phenoxy) is 3. The average Bonchev–Trinajstić information content (AvgIpc) is 3.38. The second-order valence-electron chi connectivity index (χ2n) is 13.8. The van der Waals surface area contributed by atoms with E-state index in [1.807, 2.05) is 13.8 Å². The molecule has 2 aromatic rings. The largest absolute Gasteiger partial charge is 0.387 e. The predicted octanol–water partition coefficient (Wildman–Crippen LogP) is 5.84. The zero-order valence-corrected chi connectivity index (χ0v) is 23.3. The monoisotopic (exact) mass is 505 g/mol. The van der Waals surface area contributed by atoms with Gasteiger partial charge >= 0.3 is 0 Å². The minimum Gasteiger partial charge on any atom is -0.387 e. The van der Waals surface area contributed by atoms with Gasteiger partial charge in [-0.25, -0.2) is 0 Å². The number of fused-ring (bicyclic) bond motifs is 7. The molecule has 2 aliphatic heterocycles. The number of epoxide rings is 1. The number of hydrogen-bond acceptors (Lipinski definition) is 4. The van der Waals surface area contributed by atoms with Crippen molar-refractivity contribution in [1.29, 1.82) is 0 Å². The van der Waals surface area contributed by atoms with Crippen LogP contribution in [0.25, 0.3) is 10.9 Å². The Balaban J connectivity index is 1.21. The van der Waals surface area contributed by atoms with E-state index in [4.69, 9.17) is 14.2 Å². The van der Waals surface area contributed by atoms with E-state index in [1.54, 1.807) is 0 Å². The Morgan fingerprint density at radius 1 is 1.19 bits per heavy atom. The van der Waals surface area contributed by atoms with Crippen molar-refractivity contribution in [2.45, 2.75) is 115 Å². The van der Waals surface area contributed by atoms with Crippen LogP contribution in [0.3, 0.4) is 0 Å². The van der Waals surface area contributed by atoms with E-state index in [-0.39, 0.29) is 28.6 Å². The molecule has 0 bridgehead atoms. The van der Waals surface area contributed by atoms with Gasteiger partial charge in [0.25, 0.3) is 0 Å². The molecule has 1 spiro atoms. The molecule has 2 N–H and O–H groups in total. The standard InChI is InChI=1S/C32H43NO4/c1-18(2)14-16-35-29(3,4)27-25(34)28-32(37-28)23-12-11-19-17-21-20-9-7-8-10-22(20)33-26(21)31(19,6)30(23,5)15-13-24(32)36-27/h7-10,14,19,23-25,27-28,33-34H,11-13,15-17H2,1-6H3/t19?,23-,24?,25-,27+,28+,30+,31-,32+/m1/s1. The Bertz CT molecular complexity index is 1270. The van der Waals surface area contributed by atoms with Gasteiger partial charge in [-0.3, -0.25) is 0 Å². The summed E-state index contributed by atoms with van der Waals surface area (Å²) in [5, 5.41) is 13.0. The first-order chi connectivity index (χ1) is 17.5. The lowest BCUT2D eigenvalue weighted by Crippen LogP contribution is -2.68. The summed E-state index contributed by atoms with van der Waals surface area (Å²) in [6.45, 7) is 13.8. The molecule has 2 saturated carbocycles. The molecule has 3 heterocycles. The number of para-hydroxylation sites is 1. The quantitative estimate of drug-likeness (QED) is 0.405. The second-order valence-corrected chi connectivity index (χ2v) is 13.8. The van der Waals surface area contributed by atoms with Gasteiger partial charge < -0.3 is 24.3 Å². The van der Waals surface area contributed by atoms with Gasteiger partial charge in [-0.2, -0.15) is 0 Å². The van der Waals surface area contributed by atoms with E-state index in [0.717, 1.165) is 25.7 Å². The molecule has 0 radical (unpaired) electrons. The number of aliphatic hydroxyl groups excluding tert-OH is 1. The van der Waals surface area contributed by atoms with Crippen LogP contribution in [-0.2, 0) is 26.0 Å². The van der Waals surface area contributed by atoms with Crippen molar-refractivity contribution in [2.24, 2.45) is 17.3 Å². The minimum absolute atomic E-state index is 0.0130. The van der Waals surface area contributed by atoms with E-state index in [2.05, 4.69) is 63.0 Å². The van der Waals surface area contributed by atoms with Crippen LogP contribution in [0, 0.1) is 17.3 Å². The number of rotatable bonds is 4. The molecule has 2 saturated heterocycles. The van der Waals surface area contributed by atoms with Crippen molar-refractivity contribution in [3.05, 3.63) is 47.2 Å². The number of H-pyrrole nitrogens is 1. The highest BCUT2D eigenvalue weighted by molar-refractivity contribution is 5.86. The topological polar surface area (TPSA) is 67.0 Å². The number of benzene rings is 1. The van der Waals surface area contributed by atoms with Crippen LogP contribution in [0.1, 0.15) is 78.5 Å². The molecule has 200 valence electrons. The first-order valence-electron chi connectivity index (χ1n) is 14.4. The summed E-state index contributed by atoms with van der Waals surface area (Å²) in [5.74, 6) is 1.02. The maximum atomic E-state index is 11.6. The molecule has 3 aliphatic carbocycles. The predicted molar refractivity (Wildman–Crippen MR) is 145 cm³/mol. The molecule has 37 heavy (non-hydrogen) atoms. The fourth-order valence-corrected chi connectivity index (χ4v) is 9.47. The van der Waals surface area contributed by atoms with Crippen LogP contribution in [0.4, 0.5) is 0 Å². The average molecular weight is 506 g/mol. The normalized spacial score (nSPS) is 43.9. The molecule has 1 aromatic heterocycles. The van der Waals surface area contributed by atoms with Gasteiger partial charge in [0.15, 0.2) is 0 Å². The van der Waals surface area contributed by atoms with Crippen LogP contribution in [0.15, 0.2) is 35.9 Å². The van der Waals surface area contributed by atoms with E-state index in [1.165, 1.54) is 34.2 Å². The number of nitrogens with one attached hydrogen (secondary N) is 1. The Kier molecular flexibility index (Phi) is 5.08. The van der Waals surface area contributed by atoms with E-state index in [0.29, 0.717) is 18.4 Å². The molecule has 5 nitrogen and oxygen atoms in total. The van der Waals surface area contributed by atoms with Crippen LogP contribution in [-0.4, -0.2) is 52.3 Å². The lowest BCUT2D eigenvalue weighted by atomic mass is 9.43. The van der Waals surface area contributed by atoms with E-state index in [9.17, 15) is 5.11 Å². The smallest absolute Gasteiger partial charge is 0.127 e. The Labute approximate surface area is 220 Å².